The molecule has 11 heteroatoms. The molecule has 160 valence electrons. The van der Waals surface area contributed by atoms with E-state index in [-0.39, 0.29) is 10.6 Å². The van der Waals surface area contributed by atoms with Gasteiger partial charge in [-0.25, -0.2) is 8.42 Å². The molecule has 0 heterocycles. The quantitative estimate of drug-likeness (QED) is 0.290. The highest BCUT2D eigenvalue weighted by Gasteiger charge is 2.21. The molecule has 0 radical (unpaired) electrons. The summed E-state index contributed by atoms with van der Waals surface area (Å²) in [5.74, 6) is 0.563. The summed E-state index contributed by atoms with van der Waals surface area (Å²) in [6.07, 6.45) is 1.45. The molecule has 0 aliphatic heterocycles. The maximum atomic E-state index is 12.6. The van der Waals surface area contributed by atoms with Crippen LogP contribution < -0.4 is 14.9 Å². The molecule has 0 saturated heterocycles. The Balaban J connectivity index is 1.81. The first-order valence-corrected chi connectivity index (χ1v) is 10.6. The van der Waals surface area contributed by atoms with Crippen molar-refractivity contribution in [3.8, 4) is 5.75 Å². The maximum absolute atomic E-state index is 12.6. The molecule has 0 spiro atoms. The van der Waals surface area contributed by atoms with E-state index in [0.29, 0.717) is 16.5 Å². The number of methoxy groups -OCH3 is 1. The number of benzene rings is 3. The first kappa shape index (κ1) is 22.1. The zero-order valence-electron chi connectivity index (χ0n) is 16.2. The number of hydrazone groups is 1. The number of nitrogens with zero attached hydrogens (tertiary/aromatic N) is 2. The molecular formula is C20H17ClN4O5S. The normalized spacial score (nSPS) is 11.3. The molecule has 0 aliphatic carbocycles. The second-order valence-corrected chi connectivity index (χ2v) is 8.31. The SMILES string of the molecule is COc1ccc(NS(=O)(=O)c2ccc(N/N=C\c3ccc(Cl)cc3)c([N+](=O)[O-])c2)cc1. The molecule has 3 aromatic carbocycles. The van der Waals surface area contributed by atoms with E-state index in [1.807, 2.05) is 0 Å². The lowest BCUT2D eigenvalue weighted by Crippen LogP contribution is -2.13. The summed E-state index contributed by atoms with van der Waals surface area (Å²) in [6, 6.07) is 16.5. The lowest BCUT2D eigenvalue weighted by Gasteiger charge is -2.10. The van der Waals surface area contributed by atoms with Crippen molar-refractivity contribution in [1.82, 2.24) is 0 Å². The fourth-order valence-electron chi connectivity index (χ4n) is 2.52. The lowest BCUT2D eigenvalue weighted by molar-refractivity contribution is -0.384. The van der Waals surface area contributed by atoms with Gasteiger partial charge in [0.05, 0.1) is 23.1 Å². The van der Waals surface area contributed by atoms with Crippen LogP contribution in [0.1, 0.15) is 5.56 Å². The number of sulfonamides is 1. The summed E-state index contributed by atoms with van der Waals surface area (Å²) in [5, 5.41) is 16.0. The van der Waals surface area contributed by atoms with Crippen LogP contribution in [0.15, 0.2) is 76.7 Å². The number of ether oxygens (including phenoxy) is 1. The lowest BCUT2D eigenvalue weighted by atomic mass is 10.2. The molecule has 2 N–H and O–H groups in total. The third kappa shape index (κ3) is 5.71. The number of anilines is 2. The fourth-order valence-corrected chi connectivity index (χ4v) is 3.73. The van der Waals surface area contributed by atoms with Crippen molar-refractivity contribution in [2.45, 2.75) is 4.90 Å². The van der Waals surface area contributed by atoms with Crippen LogP contribution in [0.3, 0.4) is 0 Å². The van der Waals surface area contributed by atoms with Crippen molar-refractivity contribution in [2.75, 3.05) is 17.3 Å². The summed E-state index contributed by atoms with van der Waals surface area (Å²) < 4.78 is 32.7. The Labute approximate surface area is 183 Å². The van der Waals surface area contributed by atoms with Crippen molar-refractivity contribution < 1.29 is 18.1 Å². The summed E-state index contributed by atoms with van der Waals surface area (Å²) in [6.45, 7) is 0. The molecule has 9 nitrogen and oxygen atoms in total. The van der Waals surface area contributed by atoms with Gasteiger partial charge in [0.15, 0.2) is 0 Å². The number of nitro groups is 1. The van der Waals surface area contributed by atoms with E-state index in [1.54, 1.807) is 36.4 Å². The number of rotatable bonds is 8. The molecular weight excluding hydrogens is 444 g/mol. The van der Waals surface area contributed by atoms with E-state index < -0.39 is 20.6 Å². The fraction of sp³-hybridized carbons (Fsp3) is 0.0500. The van der Waals surface area contributed by atoms with Crippen LogP contribution in [0.25, 0.3) is 0 Å². The monoisotopic (exact) mass is 460 g/mol. The van der Waals surface area contributed by atoms with Crippen molar-refractivity contribution in [3.05, 3.63) is 87.4 Å². The molecule has 0 fully saturated rings. The molecule has 0 amide bonds. The summed E-state index contributed by atoms with van der Waals surface area (Å²) >= 11 is 5.82. The van der Waals surface area contributed by atoms with Crippen LogP contribution >= 0.6 is 11.6 Å². The van der Waals surface area contributed by atoms with Crippen molar-refractivity contribution in [2.24, 2.45) is 5.10 Å². The van der Waals surface area contributed by atoms with Crippen LogP contribution in [0, 0.1) is 10.1 Å². The average Bonchev–Trinajstić information content (AvgIpc) is 2.75. The van der Waals surface area contributed by atoms with Gasteiger partial charge in [0, 0.05) is 16.8 Å². The van der Waals surface area contributed by atoms with Gasteiger partial charge < -0.3 is 4.74 Å². The van der Waals surface area contributed by atoms with Crippen LogP contribution in [0.2, 0.25) is 5.02 Å². The van der Waals surface area contributed by atoms with Crippen LogP contribution in [-0.4, -0.2) is 26.7 Å². The van der Waals surface area contributed by atoms with Crippen molar-refractivity contribution >= 4 is 44.9 Å². The zero-order chi connectivity index (χ0) is 22.4. The maximum Gasteiger partial charge on any atom is 0.295 e. The predicted molar refractivity (Wildman–Crippen MR) is 120 cm³/mol. The molecule has 3 rings (SSSR count). The number of hydrogen-bond donors (Lipinski definition) is 2. The summed E-state index contributed by atoms with van der Waals surface area (Å²) in [4.78, 5) is 10.5. The summed E-state index contributed by atoms with van der Waals surface area (Å²) in [5.41, 5.74) is 3.18. The molecule has 0 unspecified atom stereocenters. The number of halogens is 1. The third-order valence-electron chi connectivity index (χ3n) is 4.09. The van der Waals surface area contributed by atoms with Crippen molar-refractivity contribution in [1.29, 1.82) is 0 Å². The highest BCUT2D eigenvalue weighted by Crippen LogP contribution is 2.29. The van der Waals surface area contributed by atoms with Gasteiger partial charge in [0.1, 0.15) is 11.4 Å². The molecule has 31 heavy (non-hydrogen) atoms. The number of hydrogen-bond acceptors (Lipinski definition) is 7. The molecule has 0 atom stereocenters. The third-order valence-corrected chi connectivity index (χ3v) is 5.72. The largest absolute Gasteiger partial charge is 0.497 e. The Morgan fingerprint density at radius 1 is 1.06 bits per heavy atom. The first-order chi connectivity index (χ1) is 14.8. The Bertz CT molecular complexity index is 1210. The Morgan fingerprint density at radius 3 is 2.35 bits per heavy atom. The minimum Gasteiger partial charge on any atom is -0.497 e. The van der Waals surface area contributed by atoms with Gasteiger partial charge in [-0.1, -0.05) is 23.7 Å². The standard InChI is InChI=1S/C20H17ClN4O5S/c1-30-17-8-6-16(7-9-17)24-31(28,29)18-10-11-19(20(12-18)25(26)27)23-22-13-14-2-4-15(21)5-3-14/h2-13,23-24H,1H3/b22-13-. The molecule has 0 aromatic heterocycles. The van der Waals surface area contributed by atoms with E-state index in [1.165, 1.54) is 37.6 Å². The van der Waals surface area contributed by atoms with Gasteiger partial charge in [-0.2, -0.15) is 5.10 Å². The predicted octanol–water partition coefficient (Wildman–Crippen LogP) is 4.50. The van der Waals surface area contributed by atoms with E-state index in [4.69, 9.17) is 16.3 Å². The van der Waals surface area contributed by atoms with Crippen LogP contribution in [0.4, 0.5) is 17.1 Å². The zero-order valence-corrected chi connectivity index (χ0v) is 17.7. The minimum atomic E-state index is -4.05. The van der Waals surface area contributed by atoms with Crippen molar-refractivity contribution in [3.63, 3.8) is 0 Å². The average molecular weight is 461 g/mol. The highest BCUT2D eigenvalue weighted by molar-refractivity contribution is 7.92. The minimum absolute atomic E-state index is 0.0404. The molecule has 3 aromatic rings. The highest BCUT2D eigenvalue weighted by atomic mass is 35.5. The van der Waals surface area contributed by atoms with Gasteiger partial charge >= 0.3 is 0 Å². The Kier molecular flexibility index (Phi) is 6.73. The number of nitrogens with one attached hydrogen (secondary N) is 2. The van der Waals surface area contributed by atoms with Gasteiger partial charge in [-0.3, -0.25) is 20.3 Å². The molecule has 0 aliphatic rings. The van der Waals surface area contributed by atoms with E-state index >= 15 is 0 Å². The van der Waals surface area contributed by atoms with Gasteiger partial charge in [0.25, 0.3) is 15.7 Å². The topological polar surface area (TPSA) is 123 Å². The van der Waals surface area contributed by atoms with Gasteiger partial charge in [-0.15, -0.1) is 0 Å². The smallest absolute Gasteiger partial charge is 0.295 e. The van der Waals surface area contributed by atoms with E-state index in [9.17, 15) is 18.5 Å². The van der Waals surface area contributed by atoms with Crippen LogP contribution in [0.5, 0.6) is 5.75 Å². The molecule has 0 saturated carbocycles. The van der Waals surface area contributed by atoms with Gasteiger partial charge in [0.2, 0.25) is 0 Å². The van der Waals surface area contributed by atoms with Gasteiger partial charge in [-0.05, 0) is 54.1 Å². The van der Waals surface area contributed by atoms with Crippen LogP contribution in [-0.2, 0) is 10.0 Å². The van der Waals surface area contributed by atoms with E-state index in [2.05, 4.69) is 15.2 Å². The summed E-state index contributed by atoms with van der Waals surface area (Å²) in [7, 11) is -2.55. The second-order valence-electron chi connectivity index (χ2n) is 6.19. The Hall–Kier alpha value is -3.63. The molecule has 0 bridgehead atoms. The number of nitro benzene ring substituents is 1. The first-order valence-electron chi connectivity index (χ1n) is 8.78. The Morgan fingerprint density at radius 2 is 1.74 bits per heavy atom. The second kappa shape index (κ2) is 9.45. The van der Waals surface area contributed by atoms with E-state index in [0.717, 1.165) is 11.6 Å².